The number of rotatable bonds is 6. The maximum absolute atomic E-state index is 5.55. The van der Waals surface area contributed by atoms with Crippen LogP contribution in [0, 0.1) is 6.92 Å². The fraction of sp³-hybridized carbons (Fsp3) is 0.174. The normalized spacial score (nSPS) is 11.2. The van der Waals surface area contributed by atoms with Gasteiger partial charge in [-0.05, 0) is 41.3 Å². The lowest BCUT2D eigenvalue weighted by Gasteiger charge is -2.06. The Bertz CT molecular complexity index is 1050. The molecular weight excluding hydrogens is 332 g/mol. The van der Waals surface area contributed by atoms with Gasteiger partial charge in [0, 0.05) is 25.2 Å². The van der Waals surface area contributed by atoms with E-state index in [0.29, 0.717) is 6.54 Å². The molecule has 0 atom stereocenters. The van der Waals surface area contributed by atoms with Crippen LogP contribution in [-0.2, 0) is 6.54 Å². The average molecular weight is 356 g/mol. The summed E-state index contributed by atoms with van der Waals surface area (Å²) in [6.45, 7) is 4.41. The van der Waals surface area contributed by atoms with Crippen LogP contribution >= 0.6 is 0 Å². The second-order valence-corrected chi connectivity index (χ2v) is 6.75. The Morgan fingerprint density at radius 3 is 2.59 bits per heavy atom. The summed E-state index contributed by atoms with van der Waals surface area (Å²) in [4.78, 5) is 8.38. The van der Waals surface area contributed by atoms with Gasteiger partial charge in [0.2, 0.25) is 0 Å². The molecule has 4 nitrogen and oxygen atoms in total. The van der Waals surface area contributed by atoms with E-state index in [4.69, 9.17) is 10.7 Å². The number of fused-ring (bicyclic) bond motifs is 1. The Morgan fingerprint density at radius 2 is 1.78 bits per heavy atom. The molecule has 3 aromatic carbocycles. The number of imidazole rings is 1. The first-order valence-corrected chi connectivity index (χ1v) is 9.31. The smallest absolute Gasteiger partial charge is 0.138 e. The topological polar surface area (TPSA) is 66.7 Å². The van der Waals surface area contributed by atoms with E-state index in [1.807, 2.05) is 6.07 Å². The molecule has 0 bridgehead atoms. The summed E-state index contributed by atoms with van der Waals surface area (Å²) in [5.74, 6) is 0.902. The van der Waals surface area contributed by atoms with E-state index in [1.165, 1.54) is 22.3 Å². The van der Waals surface area contributed by atoms with E-state index in [9.17, 15) is 0 Å². The molecule has 0 unspecified atom stereocenters. The van der Waals surface area contributed by atoms with E-state index >= 15 is 0 Å². The molecule has 27 heavy (non-hydrogen) atoms. The molecule has 0 saturated heterocycles. The number of H-pyrrole nitrogens is 1. The van der Waals surface area contributed by atoms with Gasteiger partial charge in [0.25, 0.3) is 0 Å². The fourth-order valence-corrected chi connectivity index (χ4v) is 3.44. The molecule has 4 N–H and O–H groups in total. The standard InChI is InChI=1S/C23H24N4/c1-16-20(18-7-3-2-4-8-18)10-11-21-22(16)27-23(26-21)19-9-5-6-17(14-19)15-25-13-12-24/h2-11,14,25H,12-13,15,24H2,1H3,(H,26,27). The van der Waals surface area contributed by atoms with Crippen molar-refractivity contribution in [2.75, 3.05) is 13.1 Å². The molecule has 0 fully saturated rings. The Morgan fingerprint density at radius 1 is 0.963 bits per heavy atom. The van der Waals surface area contributed by atoms with Crippen LogP contribution in [0.4, 0.5) is 0 Å². The number of benzene rings is 3. The van der Waals surface area contributed by atoms with Crippen molar-refractivity contribution >= 4 is 11.0 Å². The van der Waals surface area contributed by atoms with Gasteiger partial charge in [0.15, 0.2) is 0 Å². The molecule has 136 valence electrons. The Balaban J connectivity index is 1.70. The highest BCUT2D eigenvalue weighted by atomic mass is 14.9. The third-order valence-corrected chi connectivity index (χ3v) is 4.84. The molecule has 0 saturated carbocycles. The lowest BCUT2D eigenvalue weighted by molar-refractivity contribution is 0.695. The van der Waals surface area contributed by atoms with Crippen LogP contribution < -0.4 is 11.1 Å². The first-order chi connectivity index (χ1) is 13.3. The highest BCUT2D eigenvalue weighted by Crippen LogP contribution is 2.30. The van der Waals surface area contributed by atoms with Crippen molar-refractivity contribution in [3.63, 3.8) is 0 Å². The summed E-state index contributed by atoms with van der Waals surface area (Å²) in [6.07, 6.45) is 0. The number of hydrogen-bond acceptors (Lipinski definition) is 3. The van der Waals surface area contributed by atoms with E-state index in [-0.39, 0.29) is 0 Å². The predicted molar refractivity (Wildman–Crippen MR) is 112 cm³/mol. The van der Waals surface area contributed by atoms with Gasteiger partial charge in [0.1, 0.15) is 5.82 Å². The predicted octanol–water partition coefficient (Wildman–Crippen LogP) is 4.25. The molecule has 1 aromatic heterocycles. The molecule has 0 aliphatic heterocycles. The molecule has 0 radical (unpaired) electrons. The zero-order chi connectivity index (χ0) is 18.6. The summed E-state index contributed by atoms with van der Waals surface area (Å²) in [5, 5.41) is 3.34. The van der Waals surface area contributed by atoms with Gasteiger partial charge in [-0.3, -0.25) is 0 Å². The number of aromatic nitrogens is 2. The van der Waals surface area contributed by atoms with Gasteiger partial charge in [-0.15, -0.1) is 0 Å². The lowest BCUT2D eigenvalue weighted by atomic mass is 9.99. The first kappa shape index (κ1) is 17.5. The van der Waals surface area contributed by atoms with Crippen molar-refractivity contribution in [1.29, 1.82) is 0 Å². The molecule has 0 aliphatic rings. The molecule has 0 spiro atoms. The first-order valence-electron chi connectivity index (χ1n) is 9.31. The monoisotopic (exact) mass is 356 g/mol. The van der Waals surface area contributed by atoms with Crippen LogP contribution in [0.3, 0.4) is 0 Å². The summed E-state index contributed by atoms with van der Waals surface area (Å²) in [5.41, 5.74) is 13.6. The number of aryl methyl sites for hydroxylation is 1. The SMILES string of the molecule is Cc1c(-c2ccccc2)ccc2[nH]c(-c3cccc(CNCCN)c3)nc12. The Hall–Kier alpha value is -2.95. The van der Waals surface area contributed by atoms with Crippen LogP contribution in [-0.4, -0.2) is 23.1 Å². The van der Waals surface area contributed by atoms with Gasteiger partial charge in [-0.25, -0.2) is 4.98 Å². The second kappa shape index (κ2) is 7.74. The van der Waals surface area contributed by atoms with Crippen LogP contribution in [0.5, 0.6) is 0 Å². The summed E-state index contributed by atoms with van der Waals surface area (Å²) in [7, 11) is 0. The fourth-order valence-electron chi connectivity index (χ4n) is 3.44. The lowest BCUT2D eigenvalue weighted by Crippen LogP contribution is -2.21. The van der Waals surface area contributed by atoms with Crippen LogP contribution in [0.25, 0.3) is 33.5 Å². The number of nitrogens with two attached hydrogens (primary N) is 1. The van der Waals surface area contributed by atoms with Gasteiger partial charge in [-0.1, -0.05) is 54.6 Å². The van der Waals surface area contributed by atoms with E-state index in [1.54, 1.807) is 0 Å². The van der Waals surface area contributed by atoms with E-state index < -0.39 is 0 Å². The molecule has 4 aromatic rings. The van der Waals surface area contributed by atoms with Crippen molar-refractivity contribution in [1.82, 2.24) is 15.3 Å². The zero-order valence-electron chi connectivity index (χ0n) is 15.5. The average Bonchev–Trinajstić information content (AvgIpc) is 3.15. The van der Waals surface area contributed by atoms with Crippen molar-refractivity contribution < 1.29 is 0 Å². The van der Waals surface area contributed by atoms with Crippen LogP contribution in [0.1, 0.15) is 11.1 Å². The molecule has 4 rings (SSSR count). The zero-order valence-corrected chi connectivity index (χ0v) is 15.5. The number of nitrogens with zero attached hydrogens (tertiary/aromatic N) is 1. The summed E-state index contributed by atoms with van der Waals surface area (Å²) < 4.78 is 0. The van der Waals surface area contributed by atoms with Gasteiger partial charge in [-0.2, -0.15) is 0 Å². The van der Waals surface area contributed by atoms with Gasteiger partial charge >= 0.3 is 0 Å². The van der Waals surface area contributed by atoms with Crippen molar-refractivity contribution in [3.05, 3.63) is 77.9 Å². The van der Waals surface area contributed by atoms with Crippen molar-refractivity contribution in [2.24, 2.45) is 5.73 Å². The second-order valence-electron chi connectivity index (χ2n) is 6.75. The largest absolute Gasteiger partial charge is 0.338 e. The van der Waals surface area contributed by atoms with Crippen molar-refractivity contribution in [3.8, 4) is 22.5 Å². The highest BCUT2D eigenvalue weighted by Gasteiger charge is 2.11. The Labute approximate surface area is 159 Å². The highest BCUT2D eigenvalue weighted by molar-refractivity contribution is 5.88. The molecule has 0 amide bonds. The molecule has 4 heteroatoms. The van der Waals surface area contributed by atoms with E-state index in [0.717, 1.165) is 35.5 Å². The van der Waals surface area contributed by atoms with Crippen molar-refractivity contribution in [2.45, 2.75) is 13.5 Å². The number of aromatic amines is 1. The summed E-state index contributed by atoms with van der Waals surface area (Å²) >= 11 is 0. The van der Waals surface area contributed by atoms with Crippen LogP contribution in [0.2, 0.25) is 0 Å². The molecule has 0 aliphatic carbocycles. The maximum Gasteiger partial charge on any atom is 0.138 e. The van der Waals surface area contributed by atoms with E-state index in [2.05, 4.69) is 77.9 Å². The van der Waals surface area contributed by atoms with Crippen LogP contribution in [0.15, 0.2) is 66.7 Å². The Kier molecular flexibility index (Phi) is 5.01. The molecular formula is C23H24N4. The minimum Gasteiger partial charge on any atom is -0.338 e. The quantitative estimate of drug-likeness (QED) is 0.452. The molecule has 1 heterocycles. The number of nitrogens with one attached hydrogen (secondary N) is 2. The minimum absolute atomic E-state index is 0.645. The van der Waals surface area contributed by atoms with Gasteiger partial charge < -0.3 is 16.0 Å². The summed E-state index contributed by atoms with van der Waals surface area (Å²) in [6, 6.07) is 23.2. The number of hydrogen-bond donors (Lipinski definition) is 3. The minimum atomic E-state index is 0.645. The third kappa shape index (κ3) is 3.63. The third-order valence-electron chi connectivity index (χ3n) is 4.84. The maximum atomic E-state index is 5.55. The van der Waals surface area contributed by atoms with Gasteiger partial charge in [0.05, 0.1) is 11.0 Å².